The summed E-state index contributed by atoms with van der Waals surface area (Å²) in [7, 11) is 0. The van der Waals surface area contributed by atoms with Gasteiger partial charge in [0, 0.05) is 44.9 Å². The number of aromatic nitrogens is 2. The molecule has 0 radical (unpaired) electrons. The van der Waals surface area contributed by atoms with Crippen LogP contribution in [0.1, 0.15) is 116 Å². The zero-order chi connectivity index (χ0) is 59.9. The lowest BCUT2D eigenvalue weighted by Crippen LogP contribution is -2.59. The smallest absolute Gasteiger partial charge is 0.326 e. The molecule has 2 rings (SSSR count). The Hall–Kier alpha value is -8.09. The third-order valence-electron chi connectivity index (χ3n) is 12.0. The van der Waals surface area contributed by atoms with Gasteiger partial charge in [-0.25, -0.2) is 9.78 Å². The quantitative estimate of drug-likeness (QED) is 0.0175. The number of carbonyl (C=O) groups is 9. The second-order valence-electron chi connectivity index (χ2n) is 19.7. The number of guanidine groups is 3. The number of aliphatic imine (C=N–C) groups is 3. The van der Waals surface area contributed by atoms with E-state index >= 15 is 0 Å². The molecule has 31 heteroatoms. The summed E-state index contributed by atoms with van der Waals surface area (Å²) in [5.74, 6) is -8.76. The molecule has 24 N–H and O–H groups in total. The van der Waals surface area contributed by atoms with E-state index in [0.29, 0.717) is 30.6 Å². The van der Waals surface area contributed by atoms with Crippen LogP contribution in [0, 0.1) is 11.8 Å². The number of hydrogen-bond acceptors (Lipinski definition) is 15. The van der Waals surface area contributed by atoms with Crippen LogP contribution in [0.4, 0.5) is 0 Å². The number of carbonyl (C=O) groups excluding carboxylic acids is 8. The fourth-order valence-corrected chi connectivity index (χ4v) is 8.63. The molecule has 0 saturated carbocycles. The molecule has 0 bridgehead atoms. The van der Waals surface area contributed by atoms with Gasteiger partial charge in [-0.1, -0.05) is 27.7 Å². The number of rotatable bonds is 38. The molecular formula is C49H84N20O10S. The van der Waals surface area contributed by atoms with Crippen molar-refractivity contribution in [1.82, 2.24) is 52.5 Å². The zero-order valence-corrected chi connectivity index (χ0v) is 46.9. The van der Waals surface area contributed by atoms with E-state index in [0.717, 1.165) is 0 Å². The number of thiophene rings is 1. The molecule has 8 amide bonds. The van der Waals surface area contributed by atoms with Gasteiger partial charge >= 0.3 is 5.97 Å². The van der Waals surface area contributed by atoms with Crippen molar-refractivity contribution < 1.29 is 48.3 Å². The van der Waals surface area contributed by atoms with E-state index in [1.165, 1.54) is 30.8 Å². The third kappa shape index (κ3) is 26.5. The van der Waals surface area contributed by atoms with Gasteiger partial charge in [-0.15, -0.1) is 0 Å². The molecule has 30 nitrogen and oxygen atoms in total. The highest BCUT2D eigenvalue weighted by atomic mass is 32.1. The van der Waals surface area contributed by atoms with Gasteiger partial charge in [0.2, 0.25) is 47.3 Å². The van der Waals surface area contributed by atoms with Gasteiger partial charge in [-0.05, 0) is 105 Å². The largest absolute Gasteiger partial charge is 0.480 e. The Labute approximate surface area is 469 Å². The van der Waals surface area contributed by atoms with E-state index in [4.69, 9.17) is 40.1 Å². The van der Waals surface area contributed by atoms with Crippen LogP contribution in [0.15, 0.2) is 44.3 Å². The Morgan fingerprint density at radius 3 is 1.50 bits per heavy atom. The van der Waals surface area contributed by atoms with Crippen LogP contribution < -0.4 is 82.7 Å². The lowest BCUT2D eigenvalue weighted by Gasteiger charge is -2.29. The molecule has 0 fully saturated rings. The number of H-pyrrole nitrogens is 1. The summed E-state index contributed by atoms with van der Waals surface area (Å²) in [5.41, 5.74) is 39.3. The molecule has 2 aromatic heterocycles. The predicted octanol–water partition coefficient (Wildman–Crippen LogP) is -3.64. The van der Waals surface area contributed by atoms with Gasteiger partial charge in [-0.2, -0.15) is 11.3 Å². The molecule has 2 heterocycles. The van der Waals surface area contributed by atoms with Crippen LogP contribution in [0.5, 0.6) is 0 Å². The summed E-state index contributed by atoms with van der Waals surface area (Å²) in [6, 6.07) is -8.92. The van der Waals surface area contributed by atoms with Gasteiger partial charge < -0.3 is 92.8 Å². The molecule has 2 aromatic rings. The van der Waals surface area contributed by atoms with Crippen molar-refractivity contribution in [1.29, 1.82) is 0 Å². The van der Waals surface area contributed by atoms with E-state index in [1.54, 1.807) is 44.5 Å². The normalized spacial score (nSPS) is 14.0. The molecule has 0 aliphatic carbocycles. The molecule has 0 aliphatic heterocycles. The fourth-order valence-electron chi connectivity index (χ4n) is 7.95. The Morgan fingerprint density at radius 2 is 1.05 bits per heavy atom. The molecular weight excluding hydrogens is 1060 g/mol. The van der Waals surface area contributed by atoms with Crippen molar-refractivity contribution in [2.24, 2.45) is 66.9 Å². The number of carboxylic acids is 1. The maximum atomic E-state index is 14.6. The Balaban J connectivity index is 2.52. The number of unbranched alkanes of at least 4 members (excludes halogenated alkanes) is 1. The minimum Gasteiger partial charge on any atom is -0.480 e. The number of nitrogens with two attached hydrogens (primary N) is 7. The number of nitrogens with one attached hydrogen (secondary N) is 9. The maximum absolute atomic E-state index is 14.6. The van der Waals surface area contributed by atoms with Crippen molar-refractivity contribution in [2.45, 2.75) is 154 Å². The van der Waals surface area contributed by atoms with Crippen LogP contribution in [0.25, 0.3) is 0 Å². The monoisotopic (exact) mass is 1140 g/mol. The average Bonchev–Trinajstić information content (AvgIpc) is 4.11. The van der Waals surface area contributed by atoms with Gasteiger partial charge in [0.1, 0.15) is 48.3 Å². The topological polar surface area (TPSA) is 518 Å². The molecule has 0 saturated heterocycles. The standard InChI is InChI=1S/C49H84N20O10S/c1-26(2)21-35(42(74)65-34(46(78)79)14-10-19-60-49(55)56)67-44(76)37(27(3)4)68-45(77)38(29-15-20-80-24-29)69-41(73)33(13-9-18-59-48(53)54)64-43(75)36(22-30-23-57-25-61-30)66-40(72)32(12-8-17-58-47(51)52)63-39(71)31(62-28(5)70)11-6-7-16-50/h15,20,23-27,31-38H,6-14,16-19,21-22,50H2,1-5H3,(H,57,61)(H,62,70)(H,63,71)(H,64,75)(H,65,74)(H,66,72)(H,67,76)(H,68,77)(H,69,73)(H,78,79)(H4,51,52,58)(H4,53,54,59)(H4,55,56,60)/t31-,32-,33-,34-,35-,36-,37-,38?/m0/s1. The van der Waals surface area contributed by atoms with Gasteiger partial charge in [0.25, 0.3) is 0 Å². The number of aliphatic carboxylic acids is 1. The molecule has 446 valence electrons. The summed E-state index contributed by atoms with van der Waals surface area (Å²) in [6.45, 7) is 8.72. The number of imidazole rings is 1. The first kappa shape index (κ1) is 68.0. The molecule has 0 aromatic carbocycles. The number of carboxylic acid groups (broad SMARTS) is 1. The summed E-state index contributed by atoms with van der Waals surface area (Å²) < 4.78 is 0. The van der Waals surface area contributed by atoms with Gasteiger partial charge in [0.15, 0.2) is 17.9 Å². The van der Waals surface area contributed by atoms with Gasteiger partial charge in [-0.3, -0.25) is 53.3 Å². The molecule has 0 aliphatic rings. The molecule has 0 spiro atoms. The number of nitrogens with zero attached hydrogens (tertiary/aromatic N) is 4. The molecule has 80 heavy (non-hydrogen) atoms. The first-order chi connectivity index (χ1) is 37.8. The number of aromatic amines is 1. The highest BCUT2D eigenvalue weighted by Gasteiger charge is 2.36. The highest BCUT2D eigenvalue weighted by Crippen LogP contribution is 2.19. The van der Waals surface area contributed by atoms with E-state index in [-0.39, 0.29) is 101 Å². The first-order valence-corrected chi connectivity index (χ1v) is 27.3. The lowest BCUT2D eigenvalue weighted by atomic mass is 9.98. The Kier molecular flexibility index (Phi) is 30.7. The lowest BCUT2D eigenvalue weighted by molar-refractivity contribution is -0.142. The van der Waals surface area contributed by atoms with E-state index in [9.17, 15) is 48.3 Å². The third-order valence-corrected chi connectivity index (χ3v) is 12.7. The summed E-state index contributed by atoms with van der Waals surface area (Å²) in [5, 5.41) is 34.4. The zero-order valence-electron chi connectivity index (χ0n) is 46.1. The van der Waals surface area contributed by atoms with E-state index in [2.05, 4.69) is 67.5 Å². The van der Waals surface area contributed by atoms with Crippen molar-refractivity contribution in [3.8, 4) is 0 Å². The van der Waals surface area contributed by atoms with Gasteiger partial charge in [0.05, 0.1) is 6.33 Å². The van der Waals surface area contributed by atoms with Crippen LogP contribution >= 0.6 is 11.3 Å². The first-order valence-electron chi connectivity index (χ1n) is 26.3. The van der Waals surface area contributed by atoms with Crippen molar-refractivity contribution in [3.05, 3.63) is 40.6 Å². The van der Waals surface area contributed by atoms with Crippen LogP contribution in [-0.2, 0) is 49.6 Å². The van der Waals surface area contributed by atoms with E-state index < -0.39 is 107 Å². The second-order valence-corrected chi connectivity index (χ2v) is 20.4. The SMILES string of the molecule is CC(=O)N[C@@H](CCCCN)C(=O)N[C@@H](CCCN=C(N)N)C(=O)N[C@@H](Cc1cnc[nH]1)C(=O)N[C@@H](CCCN=C(N)N)C(=O)NC(C(=O)N[C@H](C(=O)N[C@@H](CC(C)C)C(=O)N[C@@H](CCCN=C(N)N)C(=O)O)C(C)C)c1ccsc1. The maximum Gasteiger partial charge on any atom is 0.326 e. The van der Waals surface area contributed by atoms with Crippen molar-refractivity contribution in [3.63, 3.8) is 0 Å². The predicted molar refractivity (Wildman–Crippen MR) is 301 cm³/mol. The second kappa shape index (κ2) is 36.2. The summed E-state index contributed by atoms with van der Waals surface area (Å²) in [6.07, 6.45) is 4.35. The summed E-state index contributed by atoms with van der Waals surface area (Å²) >= 11 is 1.21. The highest BCUT2D eigenvalue weighted by molar-refractivity contribution is 7.08. The fraction of sp³-hybridized carbons (Fsp3) is 0.612. The molecule has 8 atom stereocenters. The minimum absolute atomic E-state index is 0.0191. The van der Waals surface area contributed by atoms with Crippen molar-refractivity contribution in [2.75, 3.05) is 26.2 Å². The average molecular weight is 1150 g/mol. The Morgan fingerprint density at radius 1 is 0.588 bits per heavy atom. The summed E-state index contributed by atoms with van der Waals surface area (Å²) in [4.78, 5) is 142. The van der Waals surface area contributed by atoms with E-state index in [1.807, 2.05) is 0 Å². The van der Waals surface area contributed by atoms with Crippen LogP contribution in [0.3, 0.4) is 0 Å². The molecule has 1 unspecified atom stereocenters. The van der Waals surface area contributed by atoms with Crippen molar-refractivity contribution >= 4 is 82.4 Å². The van der Waals surface area contributed by atoms with Crippen LogP contribution in [-0.4, -0.2) is 155 Å². The minimum atomic E-state index is -1.47. The Bertz CT molecular complexity index is 2390. The number of hydrogen-bond donors (Lipinski definition) is 17. The van der Waals surface area contributed by atoms with Crippen LogP contribution in [0.2, 0.25) is 0 Å². The number of amides is 8.